The molecule has 1 aliphatic rings. The lowest BCUT2D eigenvalue weighted by Gasteiger charge is -2.17. The molecule has 3 rings (SSSR count). The van der Waals surface area contributed by atoms with Gasteiger partial charge in [0.1, 0.15) is 17.6 Å². The monoisotopic (exact) mass is 282 g/mol. The highest BCUT2D eigenvalue weighted by atomic mass is 16.4. The second-order valence-electron chi connectivity index (χ2n) is 5.24. The molecular formula is C16H18N4O. The van der Waals surface area contributed by atoms with Gasteiger partial charge in [-0.2, -0.15) is 5.26 Å². The minimum absolute atomic E-state index is 0.445. The molecule has 0 aliphatic heterocycles. The summed E-state index contributed by atoms with van der Waals surface area (Å²) in [5, 5.41) is 12.5. The summed E-state index contributed by atoms with van der Waals surface area (Å²) in [5.41, 5.74) is 2.93. The van der Waals surface area contributed by atoms with Gasteiger partial charge in [-0.1, -0.05) is 6.92 Å². The number of aryl methyl sites for hydroxylation is 3. The average molecular weight is 282 g/mol. The van der Waals surface area contributed by atoms with Gasteiger partial charge in [0.2, 0.25) is 5.89 Å². The molecule has 0 aromatic carbocycles. The SMILES string of the molecule is CCc1cnc(CNc2nc3c(cc2C#N)CCCC3)o1. The number of oxazole rings is 1. The third kappa shape index (κ3) is 2.89. The molecule has 2 aromatic heterocycles. The molecule has 0 atom stereocenters. The molecule has 5 nitrogen and oxygen atoms in total. The lowest BCUT2D eigenvalue weighted by Crippen LogP contribution is -2.10. The molecule has 2 aromatic rings. The molecule has 0 radical (unpaired) electrons. The van der Waals surface area contributed by atoms with Gasteiger partial charge in [0.25, 0.3) is 0 Å². The van der Waals surface area contributed by atoms with Crippen LogP contribution in [0.1, 0.15) is 48.2 Å². The second kappa shape index (κ2) is 5.96. The third-order valence-electron chi connectivity index (χ3n) is 3.78. The predicted octanol–water partition coefficient (Wildman–Crippen LogP) is 2.99. The van der Waals surface area contributed by atoms with Crippen LogP contribution in [0.25, 0.3) is 0 Å². The molecule has 1 N–H and O–H groups in total. The first-order chi connectivity index (χ1) is 10.3. The Morgan fingerprint density at radius 3 is 3.00 bits per heavy atom. The number of rotatable bonds is 4. The Morgan fingerprint density at radius 1 is 1.38 bits per heavy atom. The van der Waals surface area contributed by atoms with Gasteiger partial charge < -0.3 is 9.73 Å². The van der Waals surface area contributed by atoms with Crippen LogP contribution < -0.4 is 5.32 Å². The first-order valence-electron chi connectivity index (χ1n) is 7.40. The summed E-state index contributed by atoms with van der Waals surface area (Å²) in [6.45, 7) is 2.47. The van der Waals surface area contributed by atoms with Crippen LogP contribution in [-0.2, 0) is 25.8 Å². The number of hydrogen-bond acceptors (Lipinski definition) is 5. The van der Waals surface area contributed by atoms with Crippen LogP contribution in [0.3, 0.4) is 0 Å². The molecule has 1 aliphatic carbocycles. The van der Waals surface area contributed by atoms with Crippen molar-refractivity contribution in [3.05, 3.63) is 40.7 Å². The second-order valence-corrected chi connectivity index (χ2v) is 5.24. The average Bonchev–Trinajstić information content (AvgIpc) is 3.00. The molecule has 0 unspecified atom stereocenters. The van der Waals surface area contributed by atoms with Gasteiger partial charge in [0.15, 0.2) is 0 Å². The van der Waals surface area contributed by atoms with E-state index < -0.39 is 0 Å². The highest BCUT2D eigenvalue weighted by molar-refractivity contribution is 5.54. The standard InChI is InChI=1S/C16H18N4O/c1-2-13-9-18-15(21-13)10-19-16-12(8-17)7-11-5-3-4-6-14(11)20-16/h7,9H,2-6,10H2,1H3,(H,19,20). The molecule has 0 fully saturated rings. The van der Waals surface area contributed by atoms with Gasteiger partial charge in [0.05, 0.1) is 18.3 Å². The fourth-order valence-electron chi connectivity index (χ4n) is 2.61. The highest BCUT2D eigenvalue weighted by Gasteiger charge is 2.15. The van der Waals surface area contributed by atoms with E-state index >= 15 is 0 Å². The van der Waals surface area contributed by atoms with Crippen LogP contribution in [0.5, 0.6) is 0 Å². The fourth-order valence-corrected chi connectivity index (χ4v) is 2.61. The Kier molecular flexibility index (Phi) is 3.87. The predicted molar refractivity (Wildman–Crippen MR) is 78.8 cm³/mol. The highest BCUT2D eigenvalue weighted by Crippen LogP contribution is 2.24. The quantitative estimate of drug-likeness (QED) is 0.933. The summed E-state index contributed by atoms with van der Waals surface area (Å²) >= 11 is 0. The van der Waals surface area contributed by atoms with Crippen molar-refractivity contribution in [1.29, 1.82) is 5.26 Å². The fraction of sp³-hybridized carbons (Fsp3) is 0.438. The molecular weight excluding hydrogens is 264 g/mol. The molecule has 0 bridgehead atoms. The van der Waals surface area contributed by atoms with Gasteiger partial charge in [-0.05, 0) is 37.3 Å². The van der Waals surface area contributed by atoms with Crippen molar-refractivity contribution in [2.75, 3.05) is 5.32 Å². The number of aromatic nitrogens is 2. The molecule has 2 heterocycles. The number of nitriles is 1. The zero-order valence-corrected chi connectivity index (χ0v) is 12.1. The van der Waals surface area contributed by atoms with Crippen LogP contribution >= 0.6 is 0 Å². The van der Waals surface area contributed by atoms with Gasteiger partial charge in [0, 0.05) is 12.1 Å². The number of anilines is 1. The van der Waals surface area contributed by atoms with E-state index in [4.69, 9.17) is 4.42 Å². The molecule has 0 saturated carbocycles. The maximum atomic E-state index is 9.29. The van der Waals surface area contributed by atoms with Gasteiger partial charge in [-0.25, -0.2) is 9.97 Å². The summed E-state index contributed by atoms with van der Waals surface area (Å²) in [7, 11) is 0. The minimum Gasteiger partial charge on any atom is -0.444 e. The van der Waals surface area contributed by atoms with Crippen molar-refractivity contribution >= 4 is 5.82 Å². The smallest absolute Gasteiger partial charge is 0.213 e. The van der Waals surface area contributed by atoms with E-state index in [0.717, 1.165) is 30.7 Å². The van der Waals surface area contributed by atoms with Crippen LogP contribution in [0, 0.1) is 11.3 Å². The number of nitrogens with one attached hydrogen (secondary N) is 1. The third-order valence-corrected chi connectivity index (χ3v) is 3.78. The first-order valence-corrected chi connectivity index (χ1v) is 7.40. The van der Waals surface area contributed by atoms with Gasteiger partial charge in [-0.3, -0.25) is 0 Å². The van der Waals surface area contributed by atoms with Crippen LogP contribution in [0.4, 0.5) is 5.82 Å². The lowest BCUT2D eigenvalue weighted by molar-refractivity contribution is 0.465. The van der Waals surface area contributed by atoms with Crippen molar-refractivity contribution < 1.29 is 4.42 Å². The molecule has 0 saturated heterocycles. The molecule has 5 heteroatoms. The summed E-state index contributed by atoms with van der Waals surface area (Å²) in [6, 6.07) is 4.19. The van der Waals surface area contributed by atoms with Gasteiger partial charge >= 0.3 is 0 Å². The Hall–Kier alpha value is -2.35. The molecule has 21 heavy (non-hydrogen) atoms. The van der Waals surface area contributed by atoms with E-state index in [-0.39, 0.29) is 0 Å². The van der Waals surface area contributed by atoms with Crippen molar-refractivity contribution in [2.45, 2.75) is 45.6 Å². The number of nitrogens with zero attached hydrogens (tertiary/aromatic N) is 3. The maximum absolute atomic E-state index is 9.29. The first kappa shape index (κ1) is 13.6. The van der Waals surface area contributed by atoms with Crippen molar-refractivity contribution in [2.24, 2.45) is 0 Å². The van der Waals surface area contributed by atoms with E-state index in [9.17, 15) is 5.26 Å². The topological polar surface area (TPSA) is 74.7 Å². The Bertz CT molecular complexity index is 684. The summed E-state index contributed by atoms with van der Waals surface area (Å²) in [4.78, 5) is 8.83. The van der Waals surface area contributed by atoms with Crippen LogP contribution in [0.2, 0.25) is 0 Å². The molecule has 0 amide bonds. The van der Waals surface area contributed by atoms with E-state index in [0.29, 0.717) is 23.8 Å². The van der Waals surface area contributed by atoms with Crippen LogP contribution in [-0.4, -0.2) is 9.97 Å². The van der Waals surface area contributed by atoms with E-state index in [1.807, 2.05) is 13.0 Å². The lowest BCUT2D eigenvalue weighted by atomic mass is 9.95. The van der Waals surface area contributed by atoms with Crippen molar-refractivity contribution in [3.63, 3.8) is 0 Å². The van der Waals surface area contributed by atoms with Crippen molar-refractivity contribution in [3.8, 4) is 6.07 Å². The zero-order chi connectivity index (χ0) is 14.7. The number of fused-ring (bicyclic) bond motifs is 1. The molecule has 108 valence electrons. The summed E-state index contributed by atoms with van der Waals surface area (Å²) in [6.07, 6.45) is 6.94. The van der Waals surface area contributed by atoms with Gasteiger partial charge in [-0.15, -0.1) is 0 Å². The Labute approximate surface area is 124 Å². The summed E-state index contributed by atoms with van der Waals surface area (Å²) in [5.74, 6) is 2.12. The van der Waals surface area contributed by atoms with Crippen LogP contribution in [0.15, 0.2) is 16.7 Å². The maximum Gasteiger partial charge on any atom is 0.213 e. The Morgan fingerprint density at radius 2 is 2.24 bits per heavy atom. The number of pyridine rings is 1. The minimum atomic E-state index is 0.445. The largest absolute Gasteiger partial charge is 0.444 e. The number of hydrogen-bond donors (Lipinski definition) is 1. The molecule has 0 spiro atoms. The van der Waals surface area contributed by atoms with E-state index in [2.05, 4.69) is 21.4 Å². The normalized spacial score (nSPS) is 13.5. The zero-order valence-electron chi connectivity index (χ0n) is 12.1. The Balaban J connectivity index is 1.79. The van der Waals surface area contributed by atoms with Crippen molar-refractivity contribution in [1.82, 2.24) is 9.97 Å². The van der Waals surface area contributed by atoms with E-state index in [1.165, 1.54) is 18.4 Å². The summed E-state index contributed by atoms with van der Waals surface area (Å²) < 4.78 is 5.56. The van der Waals surface area contributed by atoms with E-state index in [1.54, 1.807) is 6.20 Å².